The molecule has 2 N–H and O–H groups in total. The average Bonchev–Trinajstić information content (AvgIpc) is 3.08. The predicted molar refractivity (Wildman–Crippen MR) is 112 cm³/mol. The van der Waals surface area contributed by atoms with Crippen molar-refractivity contribution in [3.8, 4) is 5.75 Å². The molecule has 146 valence electrons. The highest BCUT2D eigenvalue weighted by Crippen LogP contribution is 2.32. The molecule has 0 saturated heterocycles. The number of carbonyl (C=O) groups excluding carboxylic acids is 2. The number of rotatable bonds is 6. The van der Waals surface area contributed by atoms with Gasteiger partial charge in [-0.15, -0.1) is 0 Å². The van der Waals surface area contributed by atoms with E-state index in [2.05, 4.69) is 15.6 Å². The fourth-order valence-electron chi connectivity index (χ4n) is 2.72. The molecule has 0 radical (unpaired) electrons. The van der Waals surface area contributed by atoms with Crippen LogP contribution in [0.3, 0.4) is 0 Å². The van der Waals surface area contributed by atoms with Crippen LogP contribution >= 0.6 is 22.9 Å². The van der Waals surface area contributed by atoms with Gasteiger partial charge in [-0.1, -0.05) is 55.0 Å². The zero-order chi connectivity index (χ0) is 20.3. The fraction of sp³-hybridized carbons (Fsp3) is 0.250. The Hall–Kier alpha value is -2.64. The van der Waals surface area contributed by atoms with E-state index in [4.69, 9.17) is 16.3 Å². The largest absolute Gasteiger partial charge is 0.494 e. The quantitative estimate of drug-likeness (QED) is 0.624. The summed E-state index contributed by atoms with van der Waals surface area (Å²) < 4.78 is 6.21. The summed E-state index contributed by atoms with van der Waals surface area (Å²) in [7, 11) is 1.57. The van der Waals surface area contributed by atoms with Gasteiger partial charge in [-0.05, 0) is 30.2 Å². The number of benzene rings is 2. The molecule has 6 nitrogen and oxygen atoms in total. The Bertz CT molecular complexity index is 1020. The first-order chi connectivity index (χ1) is 13.4. The van der Waals surface area contributed by atoms with Crippen LogP contribution in [0.15, 0.2) is 42.5 Å². The number of methoxy groups -OCH3 is 1. The van der Waals surface area contributed by atoms with Crippen LogP contribution in [0.2, 0.25) is 5.02 Å². The SMILES string of the molecule is COc1cccc2sc(NC(=O)[C@@H](NC(=O)c3ccccc3Cl)C(C)C)nc12. The molecule has 2 aromatic carbocycles. The van der Waals surface area contributed by atoms with Crippen molar-refractivity contribution >= 4 is 50.1 Å². The molecule has 0 aliphatic carbocycles. The maximum absolute atomic E-state index is 12.8. The zero-order valence-electron chi connectivity index (χ0n) is 15.7. The molecule has 0 fully saturated rings. The van der Waals surface area contributed by atoms with Gasteiger partial charge < -0.3 is 15.4 Å². The lowest BCUT2D eigenvalue weighted by atomic mass is 10.0. The summed E-state index contributed by atoms with van der Waals surface area (Å²) in [4.78, 5) is 29.8. The number of amides is 2. The normalized spacial score (nSPS) is 12.0. The van der Waals surface area contributed by atoms with E-state index in [0.717, 1.165) is 4.70 Å². The molecule has 28 heavy (non-hydrogen) atoms. The van der Waals surface area contributed by atoms with Crippen molar-refractivity contribution < 1.29 is 14.3 Å². The van der Waals surface area contributed by atoms with E-state index in [-0.39, 0.29) is 11.8 Å². The Balaban J connectivity index is 1.78. The van der Waals surface area contributed by atoms with E-state index >= 15 is 0 Å². The summed E-state index contributed by atoms with van der Waals surface area (Å²) in [5.74, 6) is -0.226. The summed E-state index contributed by atoms with van der Waals surface area (Å²) in [5.41, 5.74) is 1.01. The number of anilines is 1. The van der Waals surface area contributed by atoms with Gasteiger partial charge in [-0.25, -0.2) is 4.98 Å². The predicted octanol–water partition coefficient (Wildman–Crippen LogP) is 4.35. The number of para-hydroxylation sites is 1. The Kier molecular flexibility index (Phi) is 6.16. The third-order valence-corrected chi connectivity index (χ3v) is 5.45. The molecule has 1 atom stereocenters. The monoisotopic (exact) mass is 417 g/mol. The maximum Gasteiger partial charge on any atom is 0.253 e. The Morgan fingerprint density at radius 3 is 2.57 bits per heavy atom. The third-order valence-electron chi connectivity index (χ3n) is 4.19. The molecule has 1 heterocycles. The second kappa shape index (κ2) is 8.58. The summed E-state index contributed by atoms with van der Waals surface area (Å²) >= 11 is 7.43. The molecule has 0 spiro atoms. The van der Waals surface area contributed by atoms with E-state index < -0.39 is 11.9 Å². The highest BCUT2D eigenvalue weighted by Gasteiger charge is 2.26. The van der Waals surface area contributed by atoms with Crippen molar-refractivity contribution in [1.82, 2.24) is 10.3 Å². The first kappa shape index (κ1) is 20.1. The molecule has 0 saturated carbocycles. The van der Waals surface area contributed by atoms with Crippen molar-refractivity contribution in [2.45, 2.75) is 19.9 Å². The fourth-order valence-corrected chi connectivity index (χ4v) is 3.83. The van der Waals surface area contributed by atoms with Gasteiger partial charge in [0.25, 0.3) is 5.91 Å². The second-order valence-corrected chi connectivity index (χ2v) is 7.93. The van der Waals surface area contributed by atoms with E-state index in [1.165, 1.54) is 11.3 Å². The van der Waals surface area contributed by atoms with Gasteiger partial charge in [0.1, 0.15) is 17.3 Å². The molecule has 0 unspecified atom stereocenters. The number of hydrogen-bond donors (Lipinski definition) is 2. The lowest BCUT2D eigenvalue weighted by molar-refractivity contribution is -0.118. The summed E-state index contributed by atoms with van der Waals surface area (Å²) in [5, 5.41) is 6.35. The van der Waals surface area contributed by atoms with Crippen LogP contribution < -0.4 is 15.4 Å². The number of carbonyl (C=O) groups is 2. The summed E-state index contributed by atoms with van der Waals surface area (Å²) in [6.07, 6.45) is 0. The molecule has 8 heteroatoms. The first-order valence-electron chi connectivity index (χ1n) is 8.70. The number of thiazole rings is 1. The number of nitrogens with one attached hydrogen (secondary N) is 2. The Morgan fingerprint density at radius 1 is 1.14 bits per heavy atom. The standard InChI is InChI=1S/C20H20ClN3O3S/c1-11(2)16(22-18(25)12-7-4-5-8-13(12)21)19(26)24-20-23-17-14(27-3)9-6-10-15(17)28-20/h4-11,16H,1-3H3,(H,22,25)(H,23,24,26)/t16-/m0/s1. The minimum Gasteiger partial charge on any atom is -0.494 e. The van der Waals surface area contributed by atoms with Crippen molar-refractivity contribution in [1.29, 1.82) is 0 Å². The number of fused-ring (bicyclic) bond motifs is 1. The molecular weight excluding hydrogens is 398 g/mol. The number of aromatic nitrogens is 1. The lowest BCUT2D eigenvalue weighted by Gasteiger charge is -2.21. The van der Waals surface area contributed by atoms with Crippen LogP contribution in [0.5, 0.6) is 5.75 Å². The topological polar surface area (TPSA) is 80.3 Å². The highest BCUT2D eigenvalue weighted by atomic mass is 35.5. The van der Waals surface area contributed by atoms with Crippen molar-refractivity contribution in [3.63, 3.8) is 0 Å². The Labute approximate surface area is 171 Å². The second-order valence-electron chi connectivity index (χ2n) is 6.49. The van der Waals surface area contributed by atoms with Gasteiger partial charge in [0.15, 0.2) is 5.13 Å². The van der Waals surface area contributed by atoms with Gasteiger partial charge in [-0.3, -0.25) is 9.59 Å². The number of halogens is 1. The van der Waals surface area contributed by atoms with E-state index in [9.17, 15) is 9.59 Å². The van der Waals surface area contributed by atoms with Crippen LogP contribution in [-0.2, 0) is 4.79 Å². The molecular formula is C20H20ClN3O3S. The minimum absolute atomic E-state index is 0.129. The van der Waals surface area contributed by atoms with Crippen LogP contribution in [0.4, 0.5) is 5.13 Å². The van der Waals surface area contributed by atoms with Gasteiger partial charge in [-0.2, -0.15) is 0 Å². The summed E-state index contributed by atoms with van der Waals surface area (Å²) in [6.45, 7) is 3.72. The number of nitrogens with zero attached hydrogens (tertiary/aromatic N) is 1. The van der Waals surface area contributed by atoms with Crippen molar-refractivity contribution in [2.24, 2.45) is 5.92 Å². The Morgan fingerprint density at radius 2 is 1.89 bits per heavy atom. The molecule has 2 amide bonds. The molecule has 1 aromatic heterocycles. The molecule has 0 aliphatic rings. The van der Waals surface area contributed by atoms with E-state index in [0.29, 0.717) is 27.0 Å². The van der Waals surface area contributed by atoms with Gasteiger partial charge >= 0.3 is 0 Å². The van der Waals surface area contributed by atoms with Gasteiger partial charge in [0, 0.05) is 0 Å². The molecule has 0 aliphatic heterocycles. The number of ether oxygens (including phenoxy) is 1. The van der Waals surface area contributed by atoms with E-state index in [1.807, 2.05) is 32.0 Å². The zero-order valence-corrected chi connectivity index (χ0v) is 17.2. The van der Waals surface area contributed by atoms with E-state index in [1.54, 1.807) is 31.4 Å². The van der Waals surface area contributed by atoms with Gasteiger partial charge in [0.2, 0.25) is 5.91 Å². The first-order valence-corrected chi connectivity index (χ1v) is 9.90. The van der Waals surface area contributed by atoms with Crippen LogP contribution in [0.1, 0.15) is 24.2 Å². The van der Waals surface area contributed by atoms with Crippen LogP contribution in [0, 0.1) is 5.92 Å². The van der Waals surface area contributed by atoms with Crippen molar-refractivity contribution in [3.05, 3.63) is 53.1 Å². The molecule has 3 rings (SSSR count). The maximum atomic E-state index is 12.8. The van der Waals surface area contributed by atoms with Crippen LogP contribution in [0.25, 0.3) is 10.2 Å². The highest BCUT2D eigenvalue weighted by molar-refractivity contribution is 7.22. The minimum atomic E-state index is -0.738. The number of hydrogen-bond acceptors (Lipinski definition) is 5. The third kappa shape index (κ3) is 4.26. The smallest absolute Gasteiger partial charge is 0.253 e. The van der Waals surface area contributed by atoms with Crippen molar-refractivity contribution in [2.75, 3.05) is 12.4 Å². The summed E-state index contributed by atoms with van der Waals surface area (Å²) in [6, 6.07) is 11.6. The lowest BCUT2D eigenvalue weighted by Crippen LogP contribution is -2.47. The van der Waals surface area contributed by atoms with Gasteiger partial charge in [0.05, 0.1) is 22.4 Å². The van der Waals surface area contributed by atoms with Crippen LogP contribution in [-0.4, -0.2) is 29.9 Å². The molecule has 3 aromatic rings. The average molecular weight is 418 g/mol. The molecule has 0 bridgehead atoms.